The van der Waals surface area contributed by atoms with Crippen LogP contribution in [0, 0.1) is 6.92 Å². The summed E-state index contributed by atoms with van der Waals surface area (Å²) in [6.45, 7) is 2.13. The third kappa shape index (κ3) is 3.72. The first-order valence-electron chi connectivity index (χ1n) is 14.1. The van der Waals surface area contributed by atoms with Gasteiger partial charge in [-0.05, 0) is 54.8 Å². The Morgan fingerprint density at radius 1 is 0.366 bits per heavy atom. The lowest BCUT2D eigenvalue weighted by molar-refractivity contribution is 1.18. The lowest BCUT2D eigenvalue weighted by Crippen LogP contribution is -1.95. The summed E-state index contributed by atoms with van der Waals surface area (Å²) in [6.07, 6.45) is 0. The third-order valence-electron chi connectivity index (χ3n) is 8.21. The van der Waals surface area contributed by atoms with Crippen molar-refractivity contribution in [3.8, 4) is 11.4 Å². The summed E-state index contributed by atoms with van der Waals surface area (Å²) in [5.41, 5.74) is 8.40. The molecule has 2 heteroatoms. The molecule has 8 aromatic rings. The van der Waals surface area contributed by atoms with Gasteiger partial charge in [0.15, 0.2) is 0 Å². The van der Waals surface area contributed by atoms with Crippen molar-refractivity contribution in [1.82, 2.24) is 9.13 Å². The molecule has 0 spiro atoms. The van der Waals surface area contributed by atoms with E-state index >= 15 is 0 Å². The van der Waals surface area contributed by atoms with Crippen molar-refractivity contribution in [2.24, 2.45) is 0 Å². The summed E-state index contributed by atoms with van der Waals surface area (Å²) in [7, 11) is 0. The van der Waals surface area contributed by atoms with Crippen molar-refractivity contribution in [3.63, 3.8) is 0 Å². The van der Waals surface area contributed by atoms with E-state index in [-0.39, 0.29) is 0 Å². The zero-order valence-electron chi connectivity index (χ0n) is 22.8. The summed E-state index contributed by atoms with van der Waals surface area (Å²) < 4.78 is 4.85. The van der Waals surface area contributed by atoms with Crippen LogP contribution in [-0.2, 0) is 0 Å². The Labute approximate surface area is 238 Å². The SMILES string of the molecule is Cc1cccccc(-n2c3ccccc3c3cc4c(cc32)c2ccccc2n4-c2cccc3ccccc23)ccc1. The van der Waals surface area contributed by atoms with E-state index in [1.165, 1.54) is 65.6 Å². The highest BCUT2D eigenvalue weighted by Crippen LogP contribution is 2.40. The standard InChI is InChI=1S/C39H28N2/c1-27-13-3-2-4-17-29(18-11-14-27)40-36-22-9-7-20-31(36)33-26-39-34(25-38(33)40)32-21-8-10-23-37(32)41(39)35-24-12-16-28-15-5-6-19-30(28)35/h2-26H,1H3. The van der Waals surface area contributed by atoms with Gasteiger partial charge in [0.2, 0.25) is 0 Å². The number of rotatable bonds is 2. The molecule has 0 unspecified atom stereocenters. The predicted molar refractivity (Wildman–Crippen MR) is 175 cm³/mol. The molecule has 0 amide bonds. The van der Waals surface area contributed by atoms with Gasteiger partial charge < -0.3 is 9.13 Å². The van der Waals surface area contributed by atoms with Crippen LogP contribution >= 0.6 is 0 Å². The van der Waals surface area contributed by atoms with E-state index in [2.05, 4.69) is 168 Å². The molecule has 0 aliphatic heterocycles. The van der Waals surface area contributed by atoms with Gasteiger partial charge in [-0.15, -0.1) is 0 Å². The fraction of sp³-hybridized carbons (Fsp3) is 0.0256. The monoisotopic (exact) mass is 524 g/mol. The number of nitrogens with zero attached hydrogens (tertiary/aromatic N) is 2. The Morgan fingerprint density at radius 3 is 1.66 bits per heavy atom. The lowest BCUT2D eigenvalue weighted by atomic mass is 10.1. The quantitative estimate of drug-likeness (QED) is 0.213. The second-order valence-corrected chi connectivity index (χ2v) is 10.7. The van der Waals surface area contributed by atoms with Crippen LogP contribution in [-0.4, -0.2) is 9.13 Å². The van der Waals surface area contributed by atoms with Crippen molar-refractivity contribution in [2.75, 3.05) is 0 Å². The van der Waals surface area contributed by atoms with Gasteiger partial charge in [-0.2, -0.15) is 0 Å². The van der Waals surface area contributed by atoms with E-state index < -0.39 is 0 Å². The number of hydrogen-bond donors (Lipinski definition) is 0. The van der Waals surface area contributed by atoms with Gasteiger partial charge in [0.1, 0.15) is 0 Å². The van der Waals surface area contributed by atoms with Crippen LogP contribution in [0.3, 0.4) is 0 Å². The molecule has 0 saturated heterocycles. The normalized spacial score (nSPS) is 11.5. The minimum atomic E-state index is 1.13. The molecule has 0 fully saturated rings. The Bertz CT molecular complexity index is 2330. The number of aromatic nitrogens is 2. The molecule has 0 saturated carbocycles. The molecule has 0 N–H and O–H groups in total. The maximum atomic E-state index is 2.45. The van der Waals surface area contributed by atoms with Crippen LogP contribution in [0.4, 0.5) is 0 Å². The lowest BCUT2D eigenvalue weighted by Gasteiger charge is -2.12. The zero-order valence-corrected chi connectivity index (χ0v) is 22.8. The second kappa shape index (κ2) is 9.39. The molecule has 0 radical (unpaired) electrons. The highest BCUT2D eigenvalue weighted by atomic mass is 15.0. The highest BCUT2D eigenvalue weighted by Gasteiger charge is 2.18. The zero-order chi connectivity index (χ0) is 27.3. The van der Waals surface area contributed by atoms with Crippen LogP contribution in [0.1, 0.15) is 5.56 Å². The van der Waals surface area contributed by atoms with Gasteiger partial charge in [-0.25, -0.2) is 0 Å². The fourth-order valence-corrected chi connectivity index (χ4v) is 6.36. The van der Waals surface area contributed by atoms with E-state index in [9.17, 15) is 0 Å². The molecule has 0 aliphatic rings. The summed E-state index contributed by atoms with van der Waals surface area (Å²) >= 11 is 0. The van der Waals surface area contributed by atoms with Crippen LogP contribution in [0.5, 0.6) is 0 Å². The molecule has 0 bridgehead atoms. The van der Waals surface area contributed by atoms with Gasteiger partial charge in [0, 0.05) is 32.6 Å². The Balaban J connectivity index is 1.53. The maximum absolute atomic E-state index is 2.45. The molecule has 2 nitrogen and oxygen atoms in total. The minimum absolute atomic E-state index is 1.13. The van der Waals surface area contributed by atoms with Crippen molar-refractivity contribution < 1.29 is 0 Å². The summed E-state index contributed by atoms with van der Waals surface area (Å²) in [6, 6.07) is 54.8. The van der Waals surface area contributed by atoms with Gasteiger partial charge in [0.05, 0.1) is 27.8 Å². The molecule has 194 valence electrons. The molecule has 2 aromatic heterocycles. The van der Waals surface area contributed by atoms with Crippen molar-refractivity contribution in [2.45, 2.75) is 6.92 Å². The van der Waals surface area contributed by atoms with E-state index in [1.807, 2.05) is 0 Å². The van der Waals surface area contributed by atoms with E-state index in [0.29, 0.717) is 0 Å². The fourth-order valence-electron chi connectivity index (χ4n) is 6.36. The number of aryl methyl sites for hydroxylation is 1. The first kappa shape index (κ1) is 23.5. The van der Waals surface area contributed by atoms with Gasteiger partial charge in [-0.1, -0.05) is 115 Å². The maximum Gasteiger partial charge on any atom is 0.0549 e. The van der Waals surface area contributed by atoms with Crippen LogP contribution in [0.2, 0.25) is 0 Å². The van der Waals surface area contributed by atoms with Crippen molar-refractivity contribution in [1.29, 1.82) is 0 Å². The Hall–Kier alpha value is -5.34. The molecule has 0 aliphatic carbocycles. The molecule has 6 aromatic carbocycles. The third-order valence-corrected chi connectivity index (χ3v) is 8.21. The molecule has 41 heavy (non-hydrogen) atoms. The predicted octanol–water partition coefficient (Wildman–Crippen LogP) is 10.5. The number of para-hydroxylation sites is 2. The van der Waals surface area contributed by atoms with Crippen LogP contribution < -0.4 is 0 Å². The summed E-state index contributed by atoms with van der Waals surface area (Å²) in [4.78, 5) is 0. The van der Waals surface area contributed by atoms with Gasteiger partial charge in [-0.3, -0.25) is 0 Å². The molecular weight excluding hydrogens is 496 g/mol. The van der Waals surface area contributed by atoms with E-state index in [4.69, 9.17) is 0 Å². The topological polar surface area (TPSA) is 9.86 Å². The minimum Gasteiger partial charge on any atom is -0.309 e. The average Bonchev–Trinajstić information content (AvgIpc) is 3.51. The van der Waals surface area contributed by atoms with Gasteiger partial charge >= 0.3 is 0 Å². The molecule has 0 atom stereocenters. The Kier molecular flexibility index (Phi) is 5.39. The summed E-state index contributed by atoms with van der Waals surface area (Å²) in [5.74, 6) is 0. The smallest absolute Gasteiger partial charge is 0.0549 e. The highest BCUT2D eigenvalue weighted by molar-refractivity contribution is 6.19. The Morgan fingerprint density at radius 2 is 0.878 bits per heavy atom. The first-order valence-corrected chi connectivity index (χ1v) is 14.1. The molecule has 8 rings (SSSR count). The van der Waals surface area contributed by atoms with E-state index in [0.717, 1.165) is 5.69 Å². The van der Waals surface area contributed by atoms with Crippen LogP contribution in [0.15, 0.2) is 152 Å². The van der Waals surface area contributed by atoms with Crippen molar-refractivity contribution >= 4 is 54.4 Å². The largest absolute Gasteiger partial charge is 0.309 e. The average molecular weight is 525 g/mol. The molecular formula is C39H28N2. The second-order valence-electron chi connectivity index (χ2n) is 10.7. The van der Waals surface area contributed by atoms with Crippen molar-refractivity contribution in [3.05, 3.63) is 157 Å². The van der Waals surface area contributed by atoms with Crippen LogP contribution in [0.25, 0.3) is 65.8 Å². The number of benzene rings is 5. The number of hydrogen-bond acceptors (Lipinski definition) is 0. The van der Waals surface area contributed by atoms with Gasteiger partial charge in [0.25, 0.3) is 0 Å². The molecule has 2 heterocycles. The number of fused-ring (bicyclic) bond motifs is 7. The summed E-state index contributed by atoms with van der Waals surface area (Å²) in [5, 5.41) is 7.51. The van der Waals surface area contributed by atoms with E-state index in [1.54, 1.807) is 0 Å². The first-order chi connectivity index (χ1) is 20.3.